The zero-order valence-electron chi connectivity index (χ0n) is 10.5. The molecule has 1 amide bonds. The second kappa shape index (κ2) is 6.33. The third kappa shape index (κ3) is 3.54. The maximum absolute atomic E-state index is 11.5. The Morgan fingerprint density at radius 1 is 1.32 bits per heavy atom. The fourth-order valence-electron chi connectivity index (χ4n) is 1.63. The minimum absolute atomic E-state index is 0.190. The van der Waals surface area contributed by atoms with Crippen molar-refractivity contribution in [2.45, 2.75) is 6.54 Å². The molecule has 1 aromatic carbocycles. The number of nitrogens with zero attached hydrogens (tertiary/aromatic N) is 1. The molecule has 5 heteroatoms. The Bertz CT molecular complexity index is 586. The average molecular weight is 320 g/mol. The summed E-state index contributed by atoms with van der Waals surface area (Å²) in [5.74, 6) is -0.190. The van der Waals surface area contributed by atoms with Gasteiger partial charge in [-0.3, -0.25) is 9.78 Å². The van der Waals surface area contributed by atoms with E-state index >= 15 is 0 Å². The van der Waals surface area contributed by atoms with E-state index in [1.165, 1.54) is 0 Å². The molecule has 0 aliphatic heterocycles. The first-order chi connectivity index (χ1) is 9.20. The molecule has 0 spiro atoms. The van der Waals surface area contributed by atoms with Crippen LogP contribution in [-0.2, 0) is 6.54 Å². The zero-order chi connectivity index (χ0) is 13.7. The lowest BCUT2D eigenvalue weighted by Gasteiger charge is -2.09. The van der Waals surface area contributed by atoms with Crippen LogP contribution in [0.1, 0.15) is 16.1 Å². The molecule has 0 atom stereocenters. The maximum atomic E-state index is 11.5. The van der Waals surface area contributed by atoms with Crippen molar-refractivity contribution in [3.8, 4) is 0 Å². The molecule has 0 saturated heterocycles. The SMILES string of the molecule is CNC(=O)c1cc(NCc2ccccc2Br)ccn1. The molecule has 0 fully saturated rings. The molecule has 1 aromatic heterocycles. The van der Waals surface area contributed by atoms with E-state index < -0.39 is 0 Å². The van der Waals surface area contributed by atoms with Crippen LogP contribution < -0.4 is 10.6 Å². The fourth-order valence-corrected chi connectivity index (χ4v) is 2.06. The van der Waals surface area contributed by atoms with Gasteiger partial charge in [-0.05, 0) is 23.8 Å². The minimum Gasteiger partial charge on any atom is -0.381 e. The average Bonchev–Trinajstić information content (AvgIpc) is 2.46. The highest BCUT2D eigenvalue weighted by atomic mass is 79.9. The largest absolute Gasteiger partial charge is 0.381 e. The first kappa shape index (κ1) is 13.5. The Balaban J connectivity index is 2.08. The number of carbonyl (C=O) groups is 1. The first-order valence-electron chi connectivity index (χ1n) is 5.86. The number of hydrogen-bond acceptors (Lipinski definition) is 3. The van der Waals surface area contributed by atoms with Crippen molar-refractivity contribution in [1.29, 1.82) is 0 Å². The van der Waals surface area contributed by atoms with Gasteiger partial charge in [0.15, 0.2) is 0 Å². The third-order valence-electron chi connectivity index (χ3n) is 2.66. The number of halogens is 1. The van der Waals surface area contributed by atoms with Crippen LogP contribution in [0.3, 0.4) is 0 Å². The monoisotopic (exact) mass is 319 g/mol. The van der Waals surface area contributed by atoms with E-state index in [0.29, 0.717) is 12.2 Å². The van der Waals surface area contributed by atoms with Gasteiger partial charge in [0.2, 0.25) is 0 Å². The maximum Gasteiger partial charge on any atom is 0.269 e. The van der Waals surface area contributed by atoms with Gasteiger partial charge >= 0.3 is 0 Å². The van der Waals surface area contributed by atoms with Crippen LogP contribution in [0, 0.1) is 0 Å². The summed E-state index contributed by atoms with van der Waals surface area (Å²) in [6, 6.07) is 11.6. The number of carbonyl (C=O) groups excluding carboxylic acids is 1. The van der Waals surface area contributed by atoms with Crippen molar-refractivity contribution in [3.63, 3.8) is 0 Å². The number of amides is 1. The van der Waals surface area contributed by atoms with Crippen LogP contribution >= 0.6 is 15.9 Å². The van der Waals surface area contributed by atoms with E-state index in [-0.39, 0.29) is 5.91 Å². The lowest BCUT2D eigenvalue weighted by atomic mass is 10.2. The molecule has 0 unspecified atom stereocenters. The Labute approximate surface area is 120 Å². The lowest BCUT2D eigenvalue weighted by molar-refractivity contribution is 0.0958. The van der Waals surface area contributed by atoms with Crippen LogP contribution in [0.25, 0.3) is 0 Å². The molecule has 2 aromatic rings. The summed E-state index contributed by atoms with van der Waals surface area (Å²) < 4.78 is 1.06. The molecule has 0 aliphatic rings. The number of nitrogens with one attached hydrogen (secondary N) is 2. The number of rotatable bonds is 4. The summed E-state index contributed by atoms with van der Waals surface area (Å²) in [7, 11) is 1.59. The van der Waals surface area contributed by atoms with Crippen LogP contribution in [0.15, 0.2) is 47.1 Å². The predicted molar refractivity (Wildman–Crippen MR) is 79.1 cm³/mol. The molecule has 98 valence electrons. The summed E-state index contributed by atoms with van der Waals surface area (Å²) >= 11 is 3.50. The van der Waals surface area contributed by atoms with Gasteiger partial charge in [0.1, 0.15) is 5.69 Å². The second-order valence-corrected chi connectivity index (χ2v) is 4.81. The van der Waals surface area contributed by atoms with Crippen molar-refractivity contribution in [1.82, 2.24) is 10.3 Å². The lowest BCUT2D eigenvalue weighted by Crippen LogP contribution is -2.19. The van der Waals surface area contributed by atoms with Crippen molar-refractivity contribution in [2.75, 3.05) is 12.4 Å². The molecule has 0 aliphatic carbocycles. The highest BCUT2D eigenvalue weighted by molar-refractivity contribution is 9.10. The van der Waals surface area contributed by atoms with Gasteiger partial charge in [0.05, 0.1) is 0 Å². The van der Waals surface area contributed by atoms with Crippen molar-refractivity contribution >= 4 is 27.5 Å². The van der Waals surface area contributed by atoms with Gasteiger partial charge in [-0.25, -0.2) is 0 Å². The highest BCUT2D eigenvalue weighted by Crippen LogP contribution is 2.17. The van der Waals surface area contributed by atoms with E-state index in [0.717, 1.165) is 15.7 Å². The van der Waals surface area contributed by atoms with Gasteiger partial charge in [-0.1, -0.05) is 34.1 Å². The number of aromatic nitrogens is 1. The Kier molecular flexibility index (Phi) is 4.52. The van der Waals surface area contributed by atoms with Crippen LogP contribution in [0.4, 0.5) is 5.69 Å². The summed E-state index contributed by atoms with van der Waals surface area (Å²) in [5, 5.41) is 5.83. The minimum atomic E-state index is -0.190. The van der Waals surface area contributed by atoms with Gasteiger partial charge in [-0.15, -0.1) is 0 Å². The van der Waals surface area contributed by atoms with E-state index in [4.69, 9.17) is 0 Å². The molecule has 2 rings (SSSR count). The number of anilines is 1. The van der Waals surface area contributed by atoms with Crippen LogP contribution in [-0.4, -0.2) is 17.9 Å². The Morgan fingerprint density at radius 2 is 2.11 bits per heavy atom. The molecular weight excluding hydrogens is 306 g/mol. The molecule has 0 bridgehead atoms. The summed E-state index contributed by atoms with van der Waals surface area (Å²) in [6.07, 6.45) is 1.62. The highest BCUT2D eigenvalue weighted by Gasteiger charge is 2.05. The van der Waals surface area contributed by atoms with E-state index in [1.54, 1.807) is 19.3 Å². The predicted octanol–water partition coefficient (Wildman–Crippen LogP) is 2.82. The first-order valence-corrected chi connectivity index (χ1v) is 6.65. The summed E-state index contributed by atoms with van der Waals surface area (Å²) in [6.45, 7) is 0.679. The topological polar surface area (TPSA) is 54.0 Å². The second-order valence-electron chi connectivity index (χ2n) is 3.95. The smallest absolute Gasteiger partial charge is 0.269 e. The zero-order valence-corrected chi connectivity index (χ0v) is 12.1. The van der Waals surface area contributed by atoms with Gasteiger partial charge in [-0.2, -0.15) is 0 Å². The van der Waals surface area contributed by atoms with Crippen molar-refractivity contribution in [3.05, 3.63) is 58.3 Å². The molecule has 19 heavy (non-hydrogen) atoms. The number of hydrogen-bond donors (Lipinski definition) is 2. The van der Waals surface area contributed by atoms with E-state index in [9.17, 15) is 4.79 Å². The molecule has 1 heterocycles. The van der Waals surface area contributed by atoms with Crippen LogP contribution in [0.2, 0.25) is 0 Å². The number of pyridine rings is 1. The van der Waals surface area contributed by atoms with E-state index in [1.807, 2.05) is 30.3 Å². The van der Waals surface area contributed by atoms with Gasteiger partial charge in [0.25, 0.3) is 5.91 Å². The number of benzene rings is 1. The Hall–Kier alpha value is -1.88. The molecule has 0 radical (unpaired) electrons. The normalized spacial score (nSPS) is 10.0. The van der Waals surface area contributed by atoms with Gasteiger partial charge < -0.3 is 10.6 Å². The van der Waals surface area contributed by atoms with Gasteiger partial charge in [0, 0.05) is 29.9 Å². The standard InChI is InChI=1S/C14H14BrN3O/c1-16-14(19)13-8-11(6-7-17-13)18-9-10-4-2-3-5-12(10)15/h2-8H,9H2,1H3,(H,16,19)(H,17,18). The molecular formula is C14H14BrN3O. The molecule has 4 nitrogen and oxygen atoms in total. The molecule has 0 saturated carbocycles. The Morgan fingerprint density at radius 3 is 2.84 bits per heavy atom. The van der Waals surface area contributed by atoms with Crippen molar-refractivity contribution in [2.24, 2.45) is 0 Å². The summed E-state index contributed by atoms with van der Waals surface area (Å²) in [5.41, 5.74) is 2.42. The third-order valence-corrected chi connectivity index (χ3v) is 3.43. The van der Waals surface area contributed by atoms with E-state index in [2.05, 4.69) is 31.5 Å². The fraction of sp³-hybridized carbons (Fsp3) is 0.143. The van der Waals surface area contributed by atoms with Crippen LogP contribution in [0.5, 0.6) is 0 Å². The quantitative estimate of drug-likeness (QED) is 0.911. The molecule has 2 N–H and O–H groups in total. The van der Waals surface area contributed by atoms with Crippen molar-refractivity contribution < 1.29 is 4.79 Å². The summed E-state index contributed by atoms with van der Waals surface area (Å²) in [4.78, 5) is 15.5.